The average Bonchev–Trinajstić information content (AvgIpc) is 3.66. The molecule has 1 aliphatic rings. The van der Waals surface area contributed by atoms with Gasteiger partial charge in [-0.15, -0.1) is 0 Å². The van der Waals surface area contributed by atoms with Crippen LogP contribution in [0.15, 0.2) is 49.2 Å². The number of carboxylic acids is 2. The zero-order chi connectivity index (χ0) is 37.2. The lowest BCUT2D eigenvalue weighted by atomic mass is 10.1. The smallest absolute Gasteiger partial charge is 0.490 e. The zero-order valence-electron chi connectivity index (χ0n) is 25.5. The van der Waals surface area contributed by atoms with Crippen LogP contribution in [0.3, 0.4) is 0 Å². The molecule has 50 heavy (non-hydrogen) atoms. The van der Waals surface area contributed by atoms with Crippen molar-refractivity contribution in [2.24, 2.45) is 0 Å². The molecule has 1 amide bonds. The Balaban J connectivity index is 0.000000408. The number of phenols is 1. The molecule has 1 unspecified atom stereocenters. The second-order valence-corrected chi connectivity index (χ2v) is 10.4. The van der Waals surface area contributed by atoms with E-state index in [1.807, 2.05) is 18.5 Å². The van der Waals surface area contributed by atoms with E-state index in [9.17, 15) is 45.9 Å². The van der Waals surface area contributed by atoms with Crippen molar-refractivity contribution < 1.29 is 60.4 Å². The molecule has 0 bridgehead atoms. The van der Waals surface area contributed by atoms with Gasteiger partial charge in [0.05, 0.1) is 36.0 Å². The van der Waals surface area contributed by atoms with Gasteiger partial charge >= 0.3 is 24.3 Å². The van der Waals surface area contributed by atoms with E-state index < -0.39 is 30.1 Å². The van der Waals surface area contributed by atoms with Gasteiger partial charge in [-0.2, -0.15) is 36.7 Å². The van der Waals surface area contributed by atoms with Crippen LogP contribution in [0, 0.1) is 17.1 Å². The number of carboxylic acid groups (broad SMARTS) is 2. The van der Waals surface area contributed by atoms with Gasteiger partial charge in [-0.3, -0.25) is 14.4 Å². The number of aromatic nitrogens is 5. The Morgan fingerprint density at radius 3 is 2.24 bits per heavy atom. The lowest BCUT2D eigenvalue weighted by Gasteiger charge is -2.25. The number of aromatic amines is 1. The highest BCUT2D eigenvalue weighted by atomic mass is 19.4. The van der Waals surface area contributed by atoms with E-state index in [-0.39, 0.29) is 29.7 Å². The zero-order valence-corrected chi connectivity index (χ0v) is 25.5. The van der Waals surface area contributed by atoms with Gasteiger partial charge in [0.1, 0.15) is 23.5 Å². The third-order valence-electron chi connectivity index (χ3n) is 6.94. The third kappa shape index (κ3) is 10.6. The van der Waals surface area contributed by atoms with Crippen LogP contribution in [0.25, 0.3) is 22.3 Å². The number of hydrogen-bond acceptors (Lipinski definition) is 9. The molecular formula is C29H27F7N8O6. The maximum atomic E-state index is 14.2. The van der Waals surface area contributed by atoms with Crippen molar-refractivity contribution >= 4 is 28.9 Å². The molecule has 21 heteroatoms. The van der Waals surface area contributed by atoms with Crippen LogP contribution in [0.2, 0.25) is 0 Å². The minimum Gasteiger partial charge on any atom is -0.508 e. The highest BCUT2D eigenvalue weighted by Crippen LogP contribution is 2.26. The normalized spacial score (nSPS) is 14.3. The molecule has 5 rings (SSSR count). The van der Waals surface area contributed by atoms with Gasteiger partial charge in [-0.25, -0.2) is 23.9 Å². The SMILES string of the molecule is N#CCC(CN1CCCN(C(=O)c2ccc(O)cc2F)CC1)n1cc(-c2ncnc3[nH]ccc23)cn1.O=C(O)C(F)(F)F.O=C(O)C(F)(F)F. The molecule has 3 aromatic heterocycles. The van der Waals surface area contributed by atoms with Gasteiger partial charge in [0.15, 0.2) is 0 Å². The average molecular weight is 717 g/mol. The molecule has 1 fully saturated rings. The first kappa shape index (κ1) is 38.7. The Labute approximate surface area is 277 Å². The molecular weight excluding hydrogens is 689 g/mol. The Hall–Kier alpha value is -5.78. The summed E-state index contributed by atoms with van der Waals surface area (Å²) < 4.78 is 79.5. The quantitative estimate of drug-likeness (QED) is 0.208. The molecule has 1 aromatic carbocycles. The van der Waals surface area contributed by atoms with E-state index in [4.69, 9.17) is 19.8 Å². The Bertz CT molecular complexity index is 1810. The molecule has 0 aliphatic carbocycles. The largest absolute Gasteiger partial charge is 0.508 e. The number of carbonyl (C=O) groups excluding carboxylic acids is 1. The van der Waals surface area contributed by atoms with Crippen LogP contribution < -0.4 is 0 Å². The molecule has 0 radical (unpaired) electrons. The summed E-state index contributed by atoms with van der Waals surface area (Å²) in [5.41, 5.74) is 2.31. The van der Waals surface area contributed by atoms with Crippen LogP contribution >= 0.6 is 0 Å². The number of aliphatic carboxylic acids is 2. The number of nitrogens with one attached hydrogen (secondary N) is 1. The second-order valence-electron chi connectivity index (χ2n) is 10.4. The predicted molar refractivity (Wildman–Crippen MR) is 157 cm³/mol. The van der Waals surface area contributed by atoms with Crippen LogP contribution in [0.4, 0.5) is 30.7 Å². The summed E-state index contributed by atoms with van der Waals surface area (Å²) >= 11 is 0. The highest BCUT2D eigenvalue weighted by Gasteiger charge is 2.39. The summed E-state index contributed by atoms with van der Waals surface area (Å²) in [7, 11) is 0. The van der Waals surface area contributed by atoms with Gasteiger partial charge in [-0.05, 0) is 31.2 Å². The molecule has 0 spiro atoms. The number of aromatic hydroxyl groups is 1. The van der Waals surface area contributed by atoms with Crippen molar-refractivity contribution in [2.45, 2.75) is 31.2 Å². The van der Waals surface area contributed by atoms with Gasteiger partial charge in [0.2, 0.25) is 0 Å². The first-order valence-electron chi connectivity index (χ1n) is 14.2. The number of nitrogens with zero attached hydrogens (tertiary/aromatic N) is 7. The first-order chi connectivity index (χ1) is 23.4. The van der Waals surface area contributed by atoms with E-state index in [1.165, 1.54) is 18.5 Å². The number of fused-ring (bicyclic) bond motifs is 1. The molecule has 4 aromatic rings. The molecule has 1 atom stereocenters. The monoisotopic (exact) mass is 716 g/mol. The van der Waals surface area contributed by atoms with Crippen LogP contribution in [0.5, 0.6) is 5.75 Å². The fraction of sp³-hybridized carbons (Fsp3) is 0.345. The summed E-state index contributed by atoms with van der Waals surface area (Å²) in [6, 6.07) is 7.58. The Kier molecular flexibility index (Phi) is 12.8. The summed E-state index contributed by atoms with van der Waals surface area (Å²) in [6.45, 7) is 2.87. The fourth-order valence-corrected chi connectivity index (χ4v) is 4.61. The molecule has 1 saturated heterocycles. The number of phenolic OH excluding ortho intramolecular Hbond substituents is 1. The fourth-order valence-electron chi connectivity index (χ4n) is 4.61. The molecule has 1 aliphatic heterocycles. The number of rotatable bonds is 6. The lowest BCUT2D eigenvalue weighted by molar-refractivity contribution is -0.193. The second kappa shape index (κ2) is 16.6. The van der Waals surface area contributed by atoms with Gasteiger partial charge in [-0.1, -0.05) is 0 Å². The standard InChI is InChI=1S/C25H25FN8O2.2C2HF3O2/c26-22-12-19(35)2-3-20(22)25(36)33-9-1-8-32(10-11-33)15-18(4-6-27)34-14-17(13-31-34)23-21-5-7-28-24(21)30-16-29-23;2*3-2(4,5)1(6)7/h2-3,5,7,12-14,16,18,35H,1,4,8-11,15H2,(H,28,29,30);2*(H,6,7). The van der Waals surface area contributed by atoms with E-state index >= 15 is 0 Å². The van der Waals surface area contributed by atoms with Crippen LogP contribution in [-0.2, 0) is 9.59 Å². The van der Waals surface area contributed by atoms with Crippen LogP contribution in [0.1, 0.15) is 29.2 Å². The third-order valence-corrected chi connectivity index (χ3v) is 6.94. The number of H-pyrrole nitrogens is 1. The topological polar surface area (TPSA) is 202 Å². The first-order valence-corrected chi connectivity index (χ1v) is 14.2. The van der Waals surface area contributed by atoms with E-state index in [0.717, 1.165) is 41.3 Å². The Morgan fingerprint density at radius 2 is 1.64 bits per heavy atom. The Morgan fingerprint density at radius 1 is 0.980 bits per heavy atom. The molecule has 268 valence electrons. The summed E-state index contributed by atoms with van der Waals surface area (Å²) in [5.74, 6) is -6.85. The minimum atomic E-state index is -5.08. The van der Waals surface area contributed by atoms with Crippen molar-refractivity contribution in [1.82, 2.24) is 34.5 Å². The van der Waals surface area contributed by atoms with Gasteiger partial charge in [0, 0.05) is 55.6 Å². The summed E-state index contributed by atoms with van der Waals surface area (Å²) in [5, 5.41) is 38.6. The van der Waals surface area contributed by atoms with Crippen molar-refractivity contribution in [3.05, 3.63) is 60.6 Å². The van der Waals surface area contributed by atoms with Crippen molar-refractivity contribution in [3.8, 4) is 23.1 Å². The van der Waals surface area contributed by atoms with E-state index in [2.05, 4.69) is 31.0 Å². The maximum absolute atomic E-state index is 14.2. The molecule has 14 nitrogen and oxygen atoms in total. The lowest BCUT2D eigenvalue weighted by Crippen LogP contribution is -2.37. The maximum Gasteiger partial charge on any atom is 0.490 e. The van der Waals surface area contributed by atoms with Gasteiger partial charge in [0.25, 0.3) is 5.91 Å². The number of hydrogen-bond donors (Lipinski definition) is 4. The van der Waals surface area contributed by atoms with E-state index in [0.29, 0.717) is 26.2 Å². The summed E-state index contributed by atoms with van der Waals surface area (Å²) in [6.07, 6.45) is -2.20. The number of amides is 1. The number of carbonyl (C=O) groups is 3. The number of nitriles is 1. The molecule has 0 saturated carbocycles. The number of benzene rings is 1. The molecule has 4 N–H and O–H groups in total. The van der Waals surface area contributed by atoms with Crippen LogP contribution in [-0.4, -0.2) is 113 Å². The number of halogens is 7. The highest BCUT2D eigenvalue weighted by molar-refractivity contribution is 5.94. The number of alkyl halides is 6. The van der Waals surface area contributed by atoms with Crippen molar-refractivity contribution in [2.75, 3.05) is 32.7 Å². The van der Waals surface area contributed by atoms with Crippen molar-refractivity contribution in [3.63, 3.8) is 0 Å². The van der Waals surface area contributed by atoms with Gasteiger partial charge < -0.3 is 25.2 Å². The predicted octanol–water partition coefficient (Wildman–Crippen LogP) is 4.24. The minimum absolute atomic E-state index is 0.0473. The molecule has 4 heterocycles. The van der Waals surface area contributed by atoms with Crippen molar-refractivity contribution in [1.29, 1.82) is 5.26 Å². The van der Waals surface area contributed by atoms with E-state index in [1.54, 1.807) is 15.8 Å². The summed E-state index contributed by atoms with van der Waals surface area (Å²) in [4.78, 5) is 46.2.